The summed E-state index contributed by atoms with van der Waals surface area (Å²) in [5, 5.41) is 0.531. The van der Waals surface area contributed by atoms with Crippen molar-refractivity contribution in [3.8, 4) is 0 Å². The van der Waals surface area contributed by atoms with Crippen LogP contribution < -0.4 is 10.6 Å². The summed E-state index contributed by atoms with van der Waals surface area (Å²) in [7, 11) is 1.74. The van der Waals surface area contributed by atoms with Gasteiger partial charge in [0.05, 0.1) is 12.3 Å². The fourth-order valence-electron chi connectivity index (χ4n) is 2.13. The lowest BCUT2D eigenvalue weighted by molar-refractivity contribution is 0.0496. The van der Waals surface area contributed by atoms with Crippen LogP contribution in [-0.4, -0.2) is 36.3 Å². The van der Waals surface area contributed by atoms with E-state index in [0.717, 1.165) is 19.5 Å². The molecule has 1 aliphatic rings. The van der Waals surface area contributed by atoms with Crippen LogP contribution in [0, 0.1) is 5.92 Å². The molecule has 2 atom stereocenters. The van der Waals surface area contributed by atoms with Crippen LogP contribution in [0.2, 0.25) is 5.02 Å². The van der Waals surface area contributed by atoms with Crippen molar-refractivity contribution in [1.82, 2.24) is 9.97 Å². The van der Waals surface area contributed by atoms with E-state index in [1.165, 1.54) is 0 Å². The van der Waals surface area contributed by atoms with Crippen molar-refractivity contribution in [3.05, 3.63) is 11.2 Å². The first kappa shape index (κ1) is 12.4. The third-order valence-electron chi connectivity index (χ3n) is 3.24. The summed E-state index contributed by atoms with van der Waals surface area (Å²) in [5.74, 6) is 1.50. The molecule has 0 aromatic carbocycles. The third-order valence-corrected chi connectivity index (χ3v) is 3.50. The first-order chi connectivity index (χ1) is 8.11. The van der Waals surface area contributed by atoms with Crippen molar-refractivity contribution < 1.29 is 4.74 Å². The van der Waals surface area contributed by atoms with Crippen molar-refractivity contribution >= 4 is 23.4 Å². The standard InChI is InChI=1S/C11H17ClN4O/c1-7-3-4-16(6-9(7)17-2)10-8(12)5-14-11(13)15-10/h5,7,9H,3-4,6H2,1-2H3,(H2,13,14,15). The molecule has 17 heavy (non-hydrogen) atoms. The number of hydrogen-bond acceptors (Lipinski definition) is 5. The second-order valence-corrected chi connectivity index (χ2v) is 4.79. The number of nitrogens with zero attached hydrogens (tertiary/aromatic N) is 3. The number of anilines is 2. The van der Waals surface area contributed by atoms with Gasteiger partial charge in [-0.25, -0.2) is 4.98 Å². The Kier molecular flexibility index (Phi) is 3.69. The minimum atomic E-state index is 0.205. The Hall–Kier alpha value is -1.07. The first-order valence-electron chi connectivity index (χ1n) is 5.67. The highest BCUT2D eigenvalue weighted by molar-refractivity contribution is 6.32. The second kappa shape index (κ2) is 5.06. The normalized spacial score (nSPS) is 25.0. The number of piperidine rings is 1. The minimum absolute atomic E-state index is 0.205. The molecule has 0 spiro atoms. The van der Waals surface area contributed by atoms with Crippen LogP contribution in [0.5, 0.6) is 0 Å². The number of nitrogens with two attached hydrogens (primary N) is 1. The van der Waals surface area contributed by atoms with Gasteiger partial charge >= 0.3 is 0 Å². The lowest BCUT2D eigenvalue weighted by Gasteiger charge is -2.37. The molecule has 0 amide bonds. The highest BCUT2D eigenvalue weighted by Gasteiger charge is 2.27. The number of aromatic nitrogens is 2. The monoisotopic (exact) mass is 256 g/mol. The van der Waals surface area contributed by atoms with Gasteiger partial charge < -0.3 is 15.4 Å². The maximum Gasteiger partial charge on any atom is 0.222 e. The topological polar surface area (TPSA) is 64.3 Å². The Bertz CT molecular complexity index is 401. The number of rotatable bonds is 2. The predicted octanol–water partition coefficient (Wildman–Crippen LogP) is 1.57. The van der Waals surface area contributed by atoms with E-state index in [1.807, 2.05) is 0 Å². The predicted molar refractivity (Wildman–Crippen MR) is 68.2 cm³/mol. The molecule has 94 valence electrons. The van der Waals surface area contributed by atoms with Gasteiger partial charge in [-0.3, -0.25) is 0 Å². The summed E-state index contributed by atoms with van der Waals surface area (Å²) in [6.07, 6.45) is 2.80. The van der Waals surface area contributed by atoms with E-state index in [9.17, 15) is 0 Å². The maximum atomic E-state index is 6.09. The Morgan fingerprint density at radius 2 is 2.35 bits per heavy atom. The number of hydrogen-bond donors (Lipinski definition) is 1. The third kappa shape index (κ3) is 2.61. The van der Waals surface area contributed by atoms with Crippen LogP contribution in [-0.2, 0) is 4.74 Å². The highest BCUT2D eigenvalue weighted by Crippen LogP contribution is 2.28. The Labute approximate surface area is 106 Å². The average Bonchev–Trinajstić information content (AvgIpc) is 2.33. The SMILES string of the molecule is COC1CN(c2nc(N)ncc2Cl)CCC1C. The van der Waals surface area contributed by atoms with Gasteiger partial charge in [0.1, 0.15) is 5.02 Å². The Balaban J connectivity index is 2.20. The summed E-state index contributed by atoms with van der Waals surface area (Å²) in [6.45, 7) is 3.90. The van der Waals surface area contributed by atoms with Gasteiger partial charge in [0.2, 0.25) is 5.95 Å². The van der Waals surface area contributed by atoms with Gasteiger partial charge in [0.15, 0.2) is 5.82 Å². The molecule has 2 rings (SSSR count). The quantitative estimate of drug-likeness (QED) is 0.870. The number of methoxy groups -OCH3 is 1. The molecule has 1 fully saturated rings. The zero-order valence-corrected chi connectivity index (χ0v) is 10.8. The maximum absolute atomic E-state index is 6.09. The lowest BCUT2D eigenvalue weighted by atomic mass is 9.96. The van der Waals surface area contributed by atoms with Crippen molar-refractivity contribution in [3.63, 3.8) is 0 Å². The van der Waals surface area contributed by atoms with Crippen LogP contribution in [0.3, 0.4) is 0 Å². The van der Waals surface area contributed by atoms with E-state index >= 15 is 0 Å². The van der Waals surface area contributed by atoms with Crippen molar-refractivity contribution in [2.24, 2.45) is 5.92 Å². The molecule has 2 N–H and O–H groups in total. The fraction of sp³-hybridized carbons (Fsp3) is 0.636. The van der Waals surface area contributed by atoms with E-state index in [2.05, 4.69) is 21.8 Å². The first-order valence-corrected chi connectivity index (χ1v) is 6.05. The van der Waals surface area contributed by atoms with E-state index in [4.69, 9.17) is 22.1 Å². The van der Waals surface area contributed by atoms with E-state index in [0.29, 0.717) is 16.8 Å². The van der Waals surface area contributed by atoms with Crippen LogP contribution in [0.25, 0.3) is 0 Å². The fourth-order valence-corrected chi connectivity index (χ4v) is 2.34. The number of nitrogen functional groups attached to an aromatic ring is 1. The van der Waals surface area contributed by atoms with Gasteiger partial charge in [-0.1, -0.05) is 18.5 Å². The van der Waals surface area contributed by atoms with Crippen LogP contribution in [0.1, 0.15) is 13.3 Å². The molecule has 0 bridgehead atoms. The molecule has 1 aromatic heterocycles. The minimum Gasteiger partial charge on any atom is -0.379 e. The smallest absolute Gasteiger partial charge is 0.222 e. The van der Waals surface area contributed by atoms with Crippen LogP contribution in [0.4, 0.5) is 11.8 Å². The molecular formula is C11H17ClN4O. The van der Waals surface area contributed by atoms with Gasteiger partial charge in [0.25, 0.3) is 0 Å². The van der Waals surface area contributed by atoms with Gasteiger partial charge in [-0.05, 0) is 12.3 Å². The molecular weight excluding hydrogens is 240 g/mol. The Morgan fingerprint density at radius 3 is 3.06 bits per heavy atom. The Morgan fingerprint density at radius 1 is 1.59 bits per heavy atom. The highest BCUT2D eigenvalue weighted by atomic mass is 35.5. The summed E-state index contributed by atoms with van der Waals surface area (Å²) >= 11 is 6.09. The summed E-state index contributed by atoms with van der Waals surface area (Å²) in [5.41, 5.74) is 5.59. The number of ether oxygens (including phenoxy) is 1. The summed E-state index contributed by atoms with van der Waals surface area (Å²) in [4.78, 5) is 10.2. The lowest BCUT2D eigenvalue weighted by Crippen LogP contribution is -2.44. The zero-order valence-electron chi connectivity index (χ0n) is 10.1. The van der Waals surface area contributed by atoms with Crippen LogP contribution >= 0.6 is 11.6 Å². The molecule has 6 heteroatoms. The molecule has 1 aromatic rings. The zero-order chi connectivity index (χ0) is 12.4. The molecule has 1 saturated heterocycles. The number of halogens is 1. The van der Waals surface area contributed by atoms with E-state index in [1.54, 1.807) is 13.3 Å². The molecule has 2 heterocycles. The molecule has 1 aliphatic heterocycles. The van der Waals surface area contributed by atoms with Gasteiger partial charge in [0, 0.05) is 20.2 Å². The molecule has 0 radical (unpaired) electrons. The molecule has 0 aliphatic carbocycles. The molecule has 0 saturated carbocycles. The second-order valence-electron chi connectivity index (χ2n) is 4.39. The van der Waals surface area contributed by atoms with Crippen molar-refractivity contribution in [2.45, 2.75) is 19.4 Å². The van der Waals surface area contributed by atoms with Crippen molar-refractivity contribution in [1.29, 1.82) is 0 Å². The van der Waals surface area contributed by atoms with Gasteiger partial charge in [-0.2, -0.15) is 4.98 Å². The van der Waals surface area contributed by atoms with E-state index in [-0.39, 0.29) is 12.1 Å². The average molecular weight is 257 g/mol. The largest absolute Gasteiger partial charge is 0.379 e. The molecule has 5 nitrogen and oxygen atoms in total. The van der Waals surface area contributed by atoms with E-state index < -0.39 is 0 Å². The van der Waals surface area contributed by atoms with Crippen molar-refractivity contribution in [2.75, 3.05) is 30.8 Å². The molecule has 2 unspecified atom stereocenters. The van der Waals surface area contributed by atoms with Gasteiger partial charge in [-0.15, -0.1) is 0 Å². The summed E-state index contributed by atoms with van der Waals surface area (Å²) in [6, 6.07) is 0. The summed E-state index contributed by atoms with van der Waals surface area (Å²) < 4.78 is 5.47. The van der Waals surface area contributed by atoms with Crippen LogP contribution in [0.15, 0.2) is 6.20 Å².